The predicted molar refractivity (Wildman–Crippen MR) is 114 cm³/mol. The summed E-state index contributed by atoms with van der Waals surface area (Å²) in [5.74, 6) is 0.476. The maximum absolute atomic E-state index is 12.6. The van der Waals surface area contributed by atoms with Crippen LogP contribution >= 0.6 is 11.6 Å². The Morgan fingerprint density at radius 2 is 1.72 bits per heavy atom. The molecule has 1 N–H and O–H groups in total. The molecule has 4 aromatic rings. The van der Waals surface area contributed by atoms with Gasteiger partial charge in [0, 0.05) is 5.56 Å². The van der Waals surface area contributed by atoms with Crippen LogP contribution in [0.3, 0.4) is 0 Å². The number of benzene rings is 3. The predicted octanol–water partition coefficient (Wildman–Crippen LogP) is 5.12. The normalized spacial score (nSPS) is 10.8. The molecule has 3 aromatic carbocycles. The van der Waals surface area contributed by atoms with Gasteiger partial charge in [0.25, 0.3) is 5.91 Å². The first-order valence-corrected chi connectivity index (χ1v) is 9.68. The molecule has 0 spiro atoms. The summed E-state index contributed by atoms with van der Waals surface area (Å²) in [5, 5.41) is 12.2. The zero-order valence-electron chi connectivity index (χ0n) is 15.8. The lowest BCUT2D eigenvalue weighted by Gasteiger charge is -2.08. The molecule has 0 saturated carbocycles. The summed E-state index contributed by atoms with van der Waals surface area (Å²) in [6.45, 7) is 2.69. The summed E-state index contributed by atoms with van der Waals surface area (Å²) in [7, 11) is 0. The average Bonchev–Trinajstić information content (AvgIpc) is 3.16. The number of aromatic nitrogens is 3. The molecule has 0 aliphatic heterocycles. The van der Waals surface area contributed by atoms with Gasteiger partial charge in [-0.25, -0.2) is 0 Å². The molecule has 0 aliphatic carbocycles. The maximum atomic E-state index is 12.6. The van der Waals surface area contributed by atoms with E-state index in [2.05, 4.69) is 15.5 Å². The van der Waals surface area contributed by atoms with Crippen molar-refractivity contribution >= 4 is 34.2 Å². The Morgan fingerprint density at radius 1 is 1.03 bits per heavy atom. The van der Waals surface area contributed by atoms with Crippen molar-refractivity contribution in [1.29, 1.82) is 0 Å². The molecule has 0 unspecified atom stereocenters. The molecule has 0 saturated heterocycles. The third kappa shape index (κ3) is 4.22. The van der Waals surface area contributed by atoms with Gasteiger partial charge < -0.3 is 10.1 Å². The van der Waals surface area contributed by atoms with Crippen molar-refractivity contribution in [3.63, 3.8) is 0 Å². The fourth-order valence-corrected chi connectivity index (χ4v) is 3.03. The van der Waals surface area contributed by atoms with E-state index in [9.17, 15) is 4.79 Å². The van der Waals surface area contributed by atoms with E-state index < -0.39 is 0 Å². The Labute approximate surface area is 173 Å². The van der Waals surface area contributed by atoms with Crippen molar-refractivity contribution in [1.82, 2.24) is 15.0 Å². The van der Waals surface area contributed by atoms with Gasteiger partial charge in [0.05, 0.1) is 23.0 Å². The van der Waals surface area contributed by atoms with Crippen molar-refractivity contribution in [2.45, 2.75) is 13.3 Å². The minimum Gasteiger partial charge on any atom is -0.494 e. The topological polar surface area (TPSA) is 69.0 Å². The van der Waals surface area contributed by atoms with E-state index in [-0.39, 0.29) is 5.91 Å². The summed E-state index contributed by atoms with van der Waals surface area (Å²) < 4.78 is 5.54. The van der Waals surface area contributed by atoms with Crippen molar-refractivity contribution < 1.29 is 9.53 Å². The second kappa shape index (κ2) is 8.32. The molecule has 0 radical (unpaired) electrons. The first-order chi connectivity index (χ1) is 14.1. The maximum Gasteiger partial charge on any atom is 0.255 e. The number of fused-ring (bicyclic) bond motifs is 1. The minimum absolute atomic E-state index is 0.260. The van der Waals surface area contributed by atoms with Crippen LogP contribution in [0.1, 0.15) is 23.7 Å². The van der Waals surface area contributed by atoms with Gasteiger partial charge >= 0.3 is 0 Å². The number of rotatable bonds is 6. The van der Waals surface area contributed by atoms with E-state index in [0.29, 0.717) is 33.9 Å². The fraction of sp³-hybridized carbons (Fsp3) is 0.136. The van der Waals surface area contributed by atoms with Crippen molar-refractivity contribution in [3.8, 4) is 11.4 Å². The van der Waals surface area contributed by atoms with Gasteiger partial charge in [-0.2, -0.15) is 4.80 Å². The Morgan fingerprint density at radius 3 is 2.41 bits per heavy atom. The number of hydrogen-bond donors (Lipinski definition) is 1. The zero-order chi connectivity index (χ0) is 20.2. The lowest BCUT2D eigenvalue weighted by molar-refractivity contribution is 0.102. The van der Waals surface area contributed by atoms with E-state index in [1.807, 2.05) is 37.3 Å². The van der Waals surface area contributed by atoms with Crippen LogP contribution in [0.5, 0.6) is 5.75 Å². The van der Waals surface area contributed by atoms with Gasteiger partial charge in [-0.15, -0.1) is 10.2 Å². The van der Waals surface area contributed by atoms with Crippen LogP contribution in [0.25, 0.3) is 16.7 Å². The highest BCUT2D eigenvalue weighted by Gasteiger charge is 2.13. The SMILES string of the molecule is CCCOc1ccc(C(=O)Nc2cc3nn(-c4ccccc4)nc3cc2Cl)cc1. The summed E-state index contributed by atoms with van der Waals surface area (Å²) in [6, 6.07) is 20.0. The van der Waals surface area contributed by atoms with Gasteiger partial charge in [-0.05, 0) is 55.0 Å². The number of halogens is 1. The van der Waals surface area contributed by atoms with Crippen molar-refractivity contribution in [2.75, 3.05) is 11.9 Å². The lowest BCUT2D eigenvalue weighted by atomic mass is 10.2. The van der Waals surface area contributed by atoms with Crippen molar-refractivity contribution in [2.24, 2.45) is 0 Å². The number of ether oxygens (including phenoxy) is 1. The van der Waals surface area contributed by atoms with Gasteiger partial charge in [0.2, 0.25) is 0 Å². The number of nitrogens with one attached hydrogen (secondary N) is 1. The molecule has 146 valence electrons. The second-order valence-corrected chi connectivity index (χ2v) is 6.88. The number of hydrogen-bond acceptors (Lipinski definition) is 4. The fourth-order valence-electron chi connectivity index (χ4n) is 2.83. The molecule has 1 aromatic heterocycles. The molecular formula is C22H19ClN4O2. The first kappa shape index (κ1) is 19.0. The van der Waals surface area contributed by atoms with E-state index in [1.165, 1.54) is 0 Å². The smallest absolute Gasteiger partial charge is 0.255 e. The van der Waals surface area contributed by atoms with Crippen LogP contribution in [-0.4, -0.2) is 27.5 Å². The Kier molecular flexibility index (Phi) is 5.44. The third-order valence-electron chi connectivity index (χ3n) is 4.29. The molecule has 0 fully saturated rings. The second-order valence-electron chi connectivity index (χ2n) is 6.47. The summed E-state index contributed by atoms with van der Waals surface area (Å²) >= 11 is 6.36. The van der Waals surface area contributed by atoms with Crippen LogP contribution in [0.15, 0.2) is 66.7 Å². The molecule has 29 heavy (non-hydrogen) atoms. The third-order valence-corrected chi connectivity index (χ3v) is 4.61. The Hall–Kier alpha value is -3.38. The zero-order valence-corrected chi connectivity index (χ0v) is 16.6. The van der Waals surface area contributed by atoms with E-state index in [1.54, 1.807) is 41.2 Å². The summed E-state index contributed by atoms with van der Waals surface area (Å²) in [6.07, 6.45) is 0.929. The highest BCUT2D eigenvalue weighted by atomic mass is 35.5. The molecular weight excluding hydrogens is 388 g/mol. The average molecular weight is 407 g/mol. The number of para-hydroxylation sites is 1. The van der Waals surface area contributed by atoms with Crippen LogP contribution < -0.4 is 10.1 Å². The van der Waals surface area contributed by atoms with Gasteiger partial charge in [0.15, 0.2) is 0 Å². The van der Waals surface area contributed by atoms with Gasteiger partial charge in [0.1, 0.15) is 16.8 Å². The van der Waals surface area contributed by atoms with Gasteiger partial charge in [-0.3, -0.25) is 4.79 Å². The van der Waals surface area contributed by atoms with Crippen LogP contribution in [0.4, 0.5) is 5.69 Å². The Bertz CT molecular complexity index is 1140. The summed E-state index contributed by atoms with van der Waals surface area (Å²) in [5.41, 5.74) is 3.12. The highest BCUT2D eigenvalue weighted by molar-refractivity contribution is 6.34. The van der Waals surface area contributed by atoms with E-state index in [0.717, 1.165) is 17.9 Å². The minimum atomic E-state index is -0.260. The lowest BCUT2D eigenvalue weighted by Crippen LogP contribution is -2.12. The standard InChI is InChI=1S/C22H19ClN4O2/c1-2-12-29-17-10-8-15(9-11-17)22(28)24-19-14-21-20(13-18(19)23)25-27(26-21)16-6-4-3-5-7-16/h3-11,13-14H,2,12H2,1H3,(H,24,28). The molecule has 7 heteroatoms. The van der Waals surface area contributed by atoms with Crippen molar-refractivity contribution in [3.05, 3.63) is 77.3 Å². The summed E-state index contributed by atoms with van der Waals surface area (Å²) in [4.78, 5) is 14.1. The molecule has 1 heterocycles. The number of carbonyl (C=O) groups excluding carboxylic acids is 1. The molecule has 6 nitrogen and oxygen atoms in total. The Balaban J connectivity index is 1.55. The van der Waals surface area contributed by atoms with Crippen LogP contribution in [-0.2, 0) is 0 Å². The molecule has 1 amide bonds. The van der Waals surface area contributed by atoms with Crippen LogP contribution in [0.2, 0.25) is 5.02 Å². The first-order valence-electron chi connectivity index (χ1n) is 9.30. The van der Waals surface area contributed by atoms with E-state index >= 15 is 0 Å². The van der Waals surface area contributed by atoms with Gasteiger partial charge in [-0.1, -0.05) is 36.7 Å². The highest BCUT2D eigenvalue weighted by Crippen LogP contribution is 2.27. The number of anilines is 1. The number of carbonyl (C=O) groups is 1. The number of amides is 1. The monoisotopic (exact) mass is 406 g/mol. The largest absolute Gasteiger partial charge is 0.494 e. The quantitative estimate of drug-likeness (QED) is 0.482. The molecule has 0 atom stereocenters. The molecule has 0 aliphatic rings. The molecule has 0 bridgehead atoms. The number of nitrogens with zero attached hydrogens (tertiary/aromatic N) is 3. The van der Waals surface area contributed by atoms with E-state index in [4.69, 9.17) is 16.3 Å². The van der Waals surface area contributed by atoms with Crippen LogP contribution in [0, 0.1) is 0 Å². The molecule has 4 rings (SSSR count).